The standard InChI is InChI=1S/C13H22N2O2/c1-4-11(5-6-16)14-9-12-8-13(17-3)7-10(2)15-12/h7-8,11,14,16H,4-6,9H2,1-3H3. The van der Waals surface area contributed by atoms with E-state index in [1.807, 2.05) is 19.1 Å². The molecule has 1 aromatic heterocycles. The smallest absolute Gasteiger partial charge is 0.122 e. The zero-order valence-electron chi connectivity index (χ0n) is 10.9. The van der Waals surface area contributed by atoms with E-state index in [2.05, 4.69) is 17.2 Å². The zero-order valence-corrected chi connectivity index (χ0v) is 10.9. The monoisotopic (exact) mass is 238 g/mol. The van der Waals surface area contributed by atoms with Crippen LogP contribution in [0.5, 0.6) is 5.75 Å². The minimum absolute atomic E-state index is 0.218. The number of methoxy groups -OCH3 is 1. The summed E-state index contributed by atoms with van der Waals surface area (Å²) in [5, 5.41) is 12.3. The highest BCUT2D eigenvalue weighted by Gasteiger charge is 2.06. The summed E-state index contributed by atoms with van der Waals surface area (Å²) in [4.78, 5) is 4.44. The summed E-state index contributed by atoms with van der Waals surface area (Å²) in [6, 6.07) is 4.19. The van der Waals surface area contributed by atoms with Crippen LogP contribution in [0, 0.1) is 6.92 Å². The molecular weight excluding hydrogens is 216 g/mol. The van der Waals surface area contributed by atoms with Crippen LogP contribution < -0.4 is 10.1 Å². The number of pyridine rings is 1. The second-order valence-corrected chi connectivity index (χ2v) is 4.14. The molecule has 0 aliphatic carbocycles. The van der Waals surface area contributed by atoms with Crippen LogP contribution in [0.4, 0.5) is 0 Å². The number of aliphatic hydroxyl groups is 1. The number of aryl methyl sites for hydroxylation is 1. The quantitative estimate of drug-likeness (QED) is 0.758. The van der Waals surface area contributed by atoms with Crippen molar-refractivity contribution in [2.75, 3.05) is 13.7 Å². The first-order valence-corrected chi connectivity index (χ1v) is 6.05. The number of ether oxygens (including phenoxy) is 1. The van der Waals surface area contributed by atoms with Crippen LogP contribution in [0.15, 0.2) is 12.1 Å². The number of nitrogens with zero attached hydrogens (tertiary/aromatic N) is 1. The molecule has 0 spiro atoms. The summed E-state index contributed by atoms with van der Waals surface area (Å²) >= 11 is 0. The van der Waals surface area contributed by atoms with Crippen molar-refractivity contribution in [2.45, 2.75) is 39.3 Å². The van der Waals surface area contributed by atoms with Crippen LogP contribution in [-0.2, 0) is 6.54 Å². The van der Waals surface area contributed by atoms with Crippen LogP contribution in [0.2, 0.25) is 0 Å². The Morgan fingerprint density at radius 1 is 1.47 bits per heavy atom. The maximum atomic E-state index is 8.92. The summed E-state index contributed by atoms with van der Waals surface area (Å²) in [6.07, 6.45) is 1.78. The van der Waals surface area contributed by atoms with Crippen molar-refractivity contribution in [1.29, 1.82) is 0 Å². The molecule has 0 saturated heterocycles. The molecule has 4 nitrogen and oxygen atoms in total. The molecule has 17 heavy (non-hydrogen) atoms. The molecular formula is C13H22N2O2. The summed E-state index contributed by atoms with van der Waals surface area (Å²) in [6.45, 7) is 4.99. The van der Waals surface area contributed by atoms with E-state index in [1.165, 1.54) is 0 Å². The van der Waals surface area contributed by atoms with E-state index in [4.69, 9.17) is 9.84 Å². The van der Waals surface area contributed by atoms with Crippen LogP contribution in [0.25, 0.3) is 0 Å². The summed E-state index contributed by atoms with van der Waals surface area (Å²) in [5.74, 6) is 0.838. The predicted octanol–water partition coefficient (Wildman–Crippen LogP) is 1.65. The van der Waals surface area contributed by atoms with Gasteiger partial charge in [-0.2, -0.15) is 0 Å². The lowest BCUT2D eigenvalue weighted by Crippen LogP contribution is -2.29. The summed E-state index contributed by atoms with van der Waals surface area (Å²) < 4.78 is 5.21. The number of hydrogen-bond donors (Lipinski definition) is 2. The molecule has 2 N–H and O–H groups in total. The number of rotatable bonds is 7. The Bertz CT molecular complexity index is 342. The van der Waals surface area contributed by atoms with Gasteiger partial charge >= 0.3 is 0 Å². The maximum Gasteiger partial charge on any atom is 0.122 e. The van der Waals surface area contributed by atoms with Crippen molar-refractivity contribution >= 4 is 0 Å². The number of hydrogen-bond acceptors (Lipinski definition) is 4. The normalized spacial score (nSPS) is 12.5. The largest absolute Gasteiger partial charge is 0.497 e. The average Bonchev–Trinajstić information content (AvgIpc) is 2.33. The van der Waals surface area contributed by atoms with E-state index in [9.17, 15) is 0 Å². The Morgan fingerprint density at radius 3 is 2.82 bits per heavy atom. The third-order valence-corrected chi connectivity index (χ3v) is 2.76. The third kappa shape index (κ3) is 4.71. The van der Waals surface area contributed by atoms with E-state index in [-0.39, 0.29) is 6.61 Å². The molecule has 1 aromatic rings. The number of aliphatic hydroxyl groups excluding tert-OH is 1. The molecule has 1 rings (SSSR count). The van der Waals surface area contributed by atoms with E-state index in [0.717, 1.165) is 30.0 Å². The van der Waals surface area contributed by atoms with Gasteiger partial charge in [-0.05, 0) is 19.8 Å². The third-order valence-electron chi connectivity index (χ3n) is 2.76. The maximum absolute atomic E-state index is 8.92. The van der Waals surface area contributed by atoms with Gasteiger partial charge in [0.1, 0.15) is 5.75 Å². The number of nitrogens with one attached hydrogen (secondary N) is 1. The van der Waals surface area contributed by atoms with Gasteiger partial charge in [0.05, 0.1) is 12.8 Å². The SMILES string of the molecule is CCC(CCO)NCc1cc(OC)cc(C)n1. The molecule has 1 heterocycles. The van der Waals surface area contributed by atoms with Gasteiger partial charge in [0.25, 0.3) is 0 Å². The molecule has 0 radical (unpaired) electrons. The molecule has 1 unspecified atom stereocenters. The van der Waals surface area contributed by atoms with Crippen LogP contribution >= 0.6 is 0 Å². The number of aromatic nitrogens is 1. The Kier molecular flexibility index (Phi) is 5.94. The van der Waals surface area contributed by atoms with Gasteiger partial charge in [-0.3, -0.25) is 4.98 Å². The summed E-state index contributed by atoms with van der Waals surface area (Å²) in [7, 11) is 1.66. The van der Waals surface area contributed by atoms with Crippen molar-refractivity contribution in [3.63, 3.8) is 0 Å². The molecule has 0 amide bonds. The Balaban J connectivity index is 2.58. The van der Waals surface area contributed by atoms with Crippen molar-refractivity contribution in [2.24, 2.45) is 0 Å². The zero-order chi connectivity index (χ0) is 12.7. The highest BCUT2D eigenvalue weighted by atomic mass is 16.5. The van der Waals surface area contributed by atoms with E-state index < -0.39 is 0 Å². The lowest BCUT2D eigenvalue weighted by atomic mass is 10.1. The van der Waals surface area contributed by atoms with Gasteiger partial charge in [0.2, 0.25) is 0 Å². The molecule has 0 aliphatic rings. The first-order valence-electron chi connectivity index (χ1n) is 6.05. The minimum atomic E-state index is 0.218. The fourth-order valence-electron chi connectivity index (χ4n) is 1.77. The molecule has 0 fully saturated rings. The average molecular weight is 238 g/mol. The first kappa shape index (κ1) is 13.9. The van der Waals surface area contributed by atoms with Crippen LogP contribution in [0.1, 0.15) is 31.2 Å². The Hall–Kier alpha value is -1.13. The topological polar surface area (TPSA) is 54.4 Å². The Morgan fingerprint density at radius 2 is 2.24 bits per heavy atom. The van der Waals surface area contributed by atoms with Crippen molar-refractivity contribution in [1.82, 2.24) is 10.3 Å². The highest BCUT2D eigenvalue weighted by molar-refractivity contribution is 5.26. The lowest BCUT2D eigenvalue weighted by Gasteiger charge is -2.15. The molecule has 96 valence electrons. The fraction of sp³-hybridized carbons (Fsp3) is 0.615. The van der Waals surface area contributed by atoms with E-state index in [1.54, 1.807) is 7.11 Å². The van der Waals surface area contributed by atoms with Crippen molar-refractivity contribution in [3.05, 3.63) is 23.5 Å². The van der Waals surface area contributed by atoms with Gasteiger partial charge in [0, 0.05) is 37.0 Å². The molecule has 0 aliphatic heterocycles. The van der Waals surface area contributed by atoms with Crippen molar-refractivity contribution in [3.8, 4) is 5.75 Å². The second-order valence-electron chi connectivity index (χ2n) is 4.14. The molecule has 1 atom stereocenters. The van der Waals surface area contributed by atoms with Gasteiger partial charge in [0.15, 0.2) is 0 Å². The first-order chi connectivity index (χ1) is 8.19. The van der Waals surface area contributed by atoms with E-state index in [0.29, 0.717) is 12.6 Å². The van der Waals surface area contributed by atoms with Crippen molar-refractivity contribution < 1.29 is 9.84 Å². The van der Waals surface area contributed by atoms with Crippen LogP contribution in [-0.4, -0.2) is 29.8 Å². The molecule has 0 bridgehead atoms. The minimum Gasteiger partial charge on any atom is -0.497 e. The fourth-order valence-corrected chi connectivity index (χ4v) is 1.77. The van der Waals surface area contributed by atoms with Gasteiger partial charge in [-0.1, -0.05) is 6.92 Å². The molecule has 0 aromatic carbocycles. The summed E-state index contributed by atoms with van der Waals surface area (Å²) in [5.41, 5.74) is 1.93. The van der Waals surface area contributed by atoms with E-state index >= 15 is 0 Å². The second kappa shape index (κ2) is 7.25. The highest BCUT2D eigenvalue weighted by Crippen LogP contribution is 2.13. The van der Waals surface area contributed by atoms with Gasteiger partial charge < -0.3 is 15.2 Å². The van der Waals surface area contributed by atoms with Gasteiger partial charge in [-0.15, -0.1) is 0 Å². The predicted molar refractivity (Wildman–Crippen MR) is 68.1 cm³/mol. The van der Waals surface area contributed by atoms with Crippen LogP contribution in [0.3, 0.4) is 0 Å². The van der Waals surface area contributed by atoms with Gasteiger partial charge in [-0.25, -0.2) is 0 Å². The lowest BCUT2D eigenvalue weighted by molar-refractivity contribution is 0.261. The Labute approximate surface area is 103 Å². The molecule has 0 saturated carbocycles. The molecule has 4 heteroatoms.